The van der Waals surface area contributed by atoms with E-state index in [1.54, 1.807) is 24.3 Å². The second-order valence-corrected chi connectivity index (χ2v) is 6.36. The number of fused-ring (bicyclic) bond motifs is 2. The van der Waals surface area contributed by atoms with Crippen molar-refractivity contribution < 1.29 is 23.9 Å². The molecule has 30 heavy (non-hydrogen) atoms. The van der Waals surface area contributed by atoms with Gasteiger partial charge in [0, 0.05) is 11.1 Å². The summed E-state index contributed by atoms with van der Waals surface area (Å²) in [6.45, 7) is 10.9. The van der Waals surface area contributed by atoms with E-state index in [4.69, 9.17) is 14.3 Å². The molecule has 1 aliphatic carbocycles. The third-order valence-electron chi connectivity index (χ3n) is 4.14. The van der Waals surface area contributed by atoms with E-state index in [1.807, 2.05) is 40.7 Å². The van der Waals surface area contributed by atoms with Crippen LogP contribution in [0.2, 0.25) is 0 Å². The molecule has 0 fully saturated rings. The van der Waals surface area contributed by atoms with Crippen molar-refractivity contribution in [1.82, 2.24) is 0 Å². The number of hydrogen-bond acceptors (Lipinski definition) is 5. The summed E-state index contributed by atoms with van der Waals surface area (Å²) in [6.07, 6.45) is 1.90. The van der Waals surface area contributed by atoms with E-state index >= 15 is 0 Å². The number of primary amides is 1. The van der Waals surface area contributed by atoms with Gasteiger partial charge in [-0.3, -0.25) is 14.4 Å². The van der Waals surface area contributed by atoms with Crippen LogP contribution in [0.15, 0.2) is 30.3 Å². The monoisotopic (exact) mass is 413 g/mol. The third-order valence-corrected chi connectivity index (χ3v) is 4.14. The molecule has 2 N–H and O–H groups in total. The van der Waals surface area contributed by atoms with Crippen LogP contribution in [-0.2, 0) is 4.79 Å². The molecule has 0 saturated carbocycles. The molecular weight excluding hydrogens is 382 g/mol. The number of ether oxygens (including phenoxy) is 2. The lowest BCUT2D eigenvalue weighted by Gasteiger charge is -2.23. The molecule has 1 amide bonds. The van der Waals surface area contributed by atoms with E-state index in [0.29, 0.717) is 47.0 Å². The molecule has 1 aliphatic rings. The molecule has 0 saturated heterocycles. The van der Waals surface area contributed by atoms with E-state index in [-0.39, 0.29) is 18.0 Å². The van der Waals surface area contributed by atoms with E-state index in [2.05, 4.69) is 5.73 Å². The molecule has 0 bridgehead atoms. The smallest absolute Gasteiger partial charge is 0.204 e. The Balaban J connectivity index is 0.000000826. The van der Waals surface area contributed by atoms with Gasteiger partial charge in [0.15, 0.2) is 5.78 Å². The van der Waals surface area contributed by atoms with Crippen molar-refractivity contribution in [2.24, 2.45) is 5.73 Å². The van der Waals surface area contributed by atoms with Crippen molar-refractivity contribution in [2.45, 2.75) is 47.5 Å². The number of nitrogens with two attached hydrogens (primary N) is 1. The summed E-state index contributed by atoms with van der Waals surface area (Å²) >= 11 is 0. The van der Waals surface area contributed by atoms with Gasteiger partial charge in [-0.2, -0.15) is 0 Å². The molecule has 6 nitrogen and oxygen atoms in total. The van der Waals surface area contributed by atoms with Crippen LogP contribution >= 0.6 is 0 Å². The predicted molar refractivity (Wildman–Crippen MR) is 118 cm³/mol. The van der Waals surface area contributed by atoms with E-state index in [9.17, 15) is 9.59 Å². The lowest BCUT2D eigenvalue weighted by atomic mass is 9.82. The van der Waals surface area contributed by atoms with Gasteiger partial charge >= 0.3 is 0 Å². The molecule has 0 radical (unpaired) electrons. The number of rotatable bonds is 6. The Kier molecular flexibility index (Phi) is 10.3. The van der Waals surface area contributed by atoms with Crippen molar-refractivity contribution in [1.29, 1.82) is 0 Å². The lowest BCUT2D eigenvalue weighted by Crippen LogP contribution is -2.23. The van der Waals surface area contributed by atoms with Gasteiger partial charge in [-0.15, -0.1) is 0 Å². The van der Waals surface area contributed by atoms with Crippen LogP contribution in [0.25, 0.3) is 0 Å². The number of benzene rings is 2. The van der Waals surface area contributed by atoms with Crippen LogP contribution in [0.3, 0.4) is 0 Å². The Labute approximate surface area is 178 Å². The molecule has 0 heterocycles. The number of carbonyl (C=O) groups is 3. The largest absolute Gasteiger partial charge is 0.493 e. The maximum absolute atomic E-state index is 13.2. The molecule has 0 atom stereocenters. The van der Waals surface area contributed by atoms with E-state index in [1.165, 1.54) is 0 Å². The van der Waals surface area contributed by atoms with Gasteiger partial charge in [0.25, 0.3) is 0 Å². The van der Waals surface area contributed by atoms with Crippen LogP contribution in [0.1, 0.15) is 77.9 Å². The highest BCUT2D eigenvalue weighted by Crippen LogP contribution is 2.38. The Morgan fingerprint density at radius 2 is 1.40 bits per heavy atom. The fraction of sp³-hybridized carbons (Fsp3) is 0.375. The fourth-order valence-electron chi connectivity index (χ4n) is 3.05. The first-order valence-corrected chi connectivity index (χ1v) is 10.3. The topological polar surface area (TPSA) is 95.7 Å². The molecule has 0 unspecified atom stereocenters. The quantitative estimate of drug-likeness (QED) is 0.601. The SMILES string of the molecule is CC.CCCOc1cccc2c1C(=O)c1c(OCCC)cc(C)cc1C2=O.NC=O. The van der Waals surface area contributed by atoms with Gasteiger partial charge < -0.3 is 15.2 Å². The van der Waals surface area contributed by atoms with Crippen LogP contribution in [0.4, 0.5) is 0 Å². The Morgan fingerprint density at radius 1 is 0.867 bits per heavy atom. The van der Waals surface area contributed by atoms with Crippen molar-refractivity contribution in [3.8, 4) is 11.5 Å². The highest BCUT2D eigenvalue weighted by atomic mass is 16.5. The Hall–Kier alpha value is -3.15. The summed E-state index contributed by atoms with van der Waals surface area (Å²) in [5, 5.41) is 0. The molecule has 2 aromatic carbocycles. The molecule has 0 aliphatic heterocycles. The minimum Gasteiger partial charge on any atom is -0.493 e. The summed E-state index contributed by atoms with van der Waals surface area (Å²) in [7, 11) is 0. The maximum Gasteiger partial charge on any atom is 0.204 e. The van der Waals surface area contributed by atoms with E-state index in [0.717, 1.165) is 18.4 Å². The van der Waals surface area contributed by atoms with Gasteiger partial charge in [-0.25, -0.2) is 0 Å². The highest BCUT2D eigenvalue weighted by Gasteiger charge is 2.35. The summed E-state index contributed by atoms with van der Waals surface area (Å²) in [4.78, 5) is 34.8. The summed E-state index contributed by atoms with van der Waals surface area (Å²) in [5.74, 6) is 0.579. The summed E-state index contributed by atoms with van der Waals surface area (Å²) in [6, 6.07) is 8.76. The lowest BCUT2D eigenvalue weighted by molar-refractivity contribution is -0.106. The Morgan fingerprint density at radius 3 is 1.97 bits per heavy atom. The molecule has 3 rings (SSSR count). The molecule has 0 spiro atoms. The number of amides is 1. The molecular formula is C24H31NO5. The number of aryl methyl sites for hydroxylation is 1. The van der Waals surface area contributed by atoms with Gasteiger partial charge in [0.2, 0.25) is 12.2 Å². The number of carbonyl (C=O) groups excluding carboxylic acids is 3. The van der Waals surface area contributed by atoms with Crippen LogP contribution in [-0.4, -0.2) is 31.2 Å². The number of ketones is 2. The average Bonchev–Trinajstić information content (AvgIpc) is 2.75. The second-order valence-electron chi connectivity index (χ2n) is 6.36. The first-order chi connectivity index (χ1) is 14.5. The van der Waals surface area contributed by atoms with Crippen LogP contribution in [0, 0.1) is 6.92 Å². The zero-order valence-electron chi connectivity index (χ0n) is 18.4. The van der Waals surface area contributed by atoms with Crippen LogP contribution < -0.4 is 15.2 Å². The van der Waals surface area contributed by atoms with Crippen LogP contribution in [0.5, 0.6) is 11.5 Å². The zero-order chi connectivity index (χ0) is 22.7. The van der Waals surface area contributed by atoms with Crippen molar-refractivity contribution in [3.63, 3.8) is 0 Å². The summed E-state index contributed by atoms with van der Waals surface area (Å²) < 4.78 is 11.5. The second kappa shape index (κ2) is 12.4. The Bertz CT molecular complexity index is 889. The van der Waals surface area contributed by atoms with Gasteiger partial charge in [-0.05, 0) is 43.5 Å². The van der Waals surface area contributed by atoms with Gasteiger partial charge in [0.1, 0.15) is 11.5 Å². The first-order valence-electron chi connectivity index (χ1n) is 10.3. The summed E-state index contributed by atoms with van der Waals surface area (Å²) in [5.41, 5.74) is 6.57. The minimum atomic E-state index is -0.206. The van der Waals surface area contributed by atoms with Gasteiger partial charge in [0.05, 0.1) is 24.3 Å². The first kappa shape index (κ1) is 24.9. The average molecular weight is 414 g/mol. The van der Waals surface area contributed by atoms with E-state index < -0.39 is 0 Å². The highest BCUT2D eigenvalue weighted by molar-refractivity contribution is 6.30. The zero-order valence-corrected chi connectivity index (χ0v) is 18.4. The van der Waals surface area contributed by atoms with Crippen molar-refractivity contribution in [3.05, 3.63) is 58.1 Å². The molecule has 2 aromatic rings. The molecule has 162 valence electrons. The molecule has 6 heteroatoms. The fourth-order valence-corrected chi connectivity index (χ4v) is 3.05. The predicted octanol–water partition coefficient (Wildman–Crippen LogP) is 4.48. The maximum atomic E-state index is 13.2. The van der Waals surface area contributed by atoms with Crippen molar-refractivity contribution in [2.75, 3.05) is 13.2 Å². The standard InChI is InChI=1S/C21H22O4.C2H6.CH3NO/c1-4-9-24-16-8-6-7-14-18(16)21(23)19-15(20(14)22)11-13(3)12-17(19)25-10-5-2;1-2;2-1-3/h6-8,11-12H,4-5,9-10H2,1-3H3;1-2H3;1H,(H2,2,3). The van der Waals surface area contributed by atoms with Crippen molar-refractivity contribution >= 4 is 18.0 Å². The number of hydrogen-bond donors (Lipinski definition) is 1. The normalized spacial score (nSPS) is 11.1. The third kappa shape index (κ3) is 5.47. The van der Waals surface area contributed by atoms with Gasteiger partial charge in [-0.1, -0.05) is 39.8 Å². The minimum absolute atomic E-state index is 0.156. The molecule has 0 aromatic heterocycles.